The molecule has 1 amide bonds. The van der Waals surface area contributed by atoms with Crippen molar-refractivity contribution in [2.24, 2.45) is 5.10 Å². The predicted molar refractivity (Wildman–Crippen MR) is 64.7 cm³/mol. The van der Waals surface area contributed by atoms with E-state index >= 15 is 0 Å². The molecule has 0 unspecified atom stereocenters. The molecule has 0 aliphatic carbocycles. The SMILES string of the molecule is O=C(N/N=C/c1ccc([N+](=O)[O-])o1)c1cccs1. The molecule has 0 atom stereocenters. The summed E-state index contributed by atoms with van der Waals surface area (Å²) in [6.07, 6.45) is 1.19. The number of nitrogens with zero attached hydrogens (tertiary/aromatic N) is 2. The van der Waals surface area contributed by atoms with Gasteiger partial charge in [-0.2, -0.15) is 5.10 Å². The van der Waals surface area contributed by atoms with Crippen molar-refractivity contribution in [1.29, 1.82) is 0 Å². The van der Waals surface area contributed by atoms with Gasteiger partial charge in [-0.1, -0.05) is 6.07 Å². The van der Waals surface area contributed by atoms with Crippen molar-refractivity contribution in [2.75, 3.05) is 0 Å². The summed E-state index contributed by atoms with van der Waals surface area (Å²) in [4.78, 5) is 21.7. The third kappa shape index (κ3) is 2.80. The van der Waals surface area contributed by atoms with E-state index in [-0.39, 0.29) is 17.6 Å². The molecule has 7 nitrogen and oxygen atoms in total. The van der Waals surface area contributed by atoms with Gasteiger partial charge >= 0.3 is 5.88 Å². The first kappa shape index (κ1) is 12.0. The number of thiophene rings is 1. The molecule has 0 aromatic carbocycles. The summed E-state index contributed by atoms with van der Waals surface area (Å²) in [7, 11) is 0. The number of carbonyl (C=O) groups excluding carboxylic acids is 1. The van der Waals surface area contributed by atoms with E-state index in [2.05, 4.69) is 10.5 Å². The second-order valence-corrected chi connectivity index (χ2v) is 4.06. The fourth-order valence-corrected chi connectivity index (χ4v) is 1.74. The first-order valence-electron chi connectivity index (χ1n) is 4.78. The monoisotopic (exact) mass is 265 g/mol. The van der Waals surface area contributed by atoms with E-state index in [1.165, 1.54) is 29.7 Å². The van der Waals surface area contributed by atoms with Gasteiger partial charge in [0.1, 0.15) is 4.92 Å². The Labute approximate surface area is 105 Å². The maximum Gasteiger partial charge on any atom is 0.433 e. The number of carbonyl (C=O) groups is 1. The quantitative estimate of drug-likeness (QED) is 0.519. The Hall–Kier alpha value is -2.48. The zero-order chi connectivity index (χ0) is 13.0. The Balaban J connectivity index is 1.95. The van der Waals surface area contributed by atoms with Crippen LogP contribution < -0.4 is 5.43 Å². The molecule has 0 aliphatic rings. The Kier molecular flexibility index (Phi) is 3.49. The van der Waals surface area contributed by atoms with E-state index in [0.29, 0.717) is 4.88 Å². The maximum atomic E-state index is 11.5. The molecule has 8 heteroatoms. The third-order valence-electron chi connectivity index (χ3n) is 1.90. The normalized spacial score (nSPS) is 10.7. The number of furan rings is 1. The second-order valence-electron chi connectivity index (χ2n) is 3.11. The number of rotatable bonds is 4. The van der Waals surface area contributed by atoms with Crippen molar-refractivity contribution in [2.45, 2.75) is 0 Å². The van der Waals surface area contributed by atoms with Crippen LogP contribution in [0.2, 0.25) is 0 Å². The number of hydrazone groups is 1. The Morgan fingerprint density at radius 2 is 2.33 bits per heavy atom. The molecule has 2 aromatic rings. The number of nitro groups is 1. The summed E-state index contributed by atoms with van der Waals surface area (Å²) in [6, 6.07) is 6.01. The zero-order valence-corrected chi connectivity index (χ0v) is 9.72. The Morgan fingerprint density at radius 1 is 1.50 bits per heavy atom. The van der Waals surface area contributed by atoms with Crippen molar-refractivity contribution < 1.29 is 14.1 Å². The highest BCUT2D eigenvalue weighted by molar-refractivity contribution is 7.12. The van der Waals surface area contributed by atoms with Crippen LogP contribution in [0.25, 0.3) is 0 Å². The summed E-state index contributed by atoms with van der Waals surface area (Å²) in [5, 5.41) is 15.8. The van der Waals surface area contributed by atoms with Crippen molar-refractivity contribution in [3.63, 3.8) is 0 Å². The molecule has 0 saturated carbocycles. The number of hydrogen-bond acceptors (Lipinski definition) is 6. The van der Waals surface area contributed by atoms with E-state index in [1.807, 2.05) is 0 Å². The smallest absolute Gasteiger partial charge is 0.400 e. The van der Waals surface area contributed by atoms with E-state index in [1.54, 1.807) is 17.5 Å². The van der Waals surface area contributed by atoms with E-state index in [9.17, 15) is 14.9 Å². The summed E-state index contributed by atoms with van der Waals surface area (Å²) in [6.45, 7) is 0. The molecule has 0 fully saturated rings. The molecule has 2 aromatic heterocycles. The van der Waals surface area contributed by atoms with Crippen LogP contribution in [0.1, 0.15) is 15.4 Å². The average Bonchev–Trinajstić information content (AvgIpc) is 3.00. The lowest BCUT2D eigenvalue weighted by molar-refractivity contribution is -0.402. The standard InChI is InChI=1S/C10H7N3O4S/c14-10(8-2-1-5-18-8)12-11-6-7-3-4-9(17-7)13(15)16/h1-6H,(H,12,14)/b11-6+. The molecule has 0 spiro atoms. The van der Waals surface area contributed by atoms with Crippen LogP contribution in [0.3, 0.4) is 0 Å². The lowest BCUT2D eigenvalue weighted by atomic mass is 10.4. The van der Waals surface area contributed by atoms with E-state index < -0.39 is 4.92 Å². The molecule has 0 radical (unpaired) electrons. The van der Waals surface area contributed by atoms with Crippen LogP contribution in [-0.4, -0.2) is 17.0 Å². The minimum Gasteiger partial charge on any atom is -0.400 e. The Morgan fingerprint density at radius 3 is 2.94 bits per heavy atom. The predicted octanol–water partition coefficient (Wildman–Crippen LogP) is 2.01. The first-order chi connectivity index (χ1) is 8.66. The van der Waals surface area contributed by atoms with Gasteiger partial charge in [0, 0.05) is 0 Å². The number of hydrogen-bond donors (Lipinski definition) is 1. The molecule has 2 heterocycles. The molecule has 0 saturated heterocycles. The average molecular weight is 265 g/mol. The number of amides is 1. The lowest BCUT2D eigenvalue weighted by Gasteiger charge is -1.93. The number of nitrogens with one attached hydrogen (secondary N) is 1. The van der Waals surface area contributed by atoms with Gasteiger partial charge in [-0.25, -0.2) is 5.43 Å². The Bertz CT molecular complexity index is 588. The fraction of sp³-hybridized carbons (Fsp3) is 0. The van der Waals surface area contributed by atoms with Crippen LogP contribution in [0.15, 0.2) is 39.2 Å². The molecule has 92 valence electrons. The highest BCUT2D eigenvalue weighted by atomic mass is 32.1. The largest absolute Gasteiger partial charge is 0.433 e. The molecule has 2 rings (SSSR count). The summed E-state index contributed by atoms with van der Waals surface area (Å²) < 4.78 is 4.82. The lowest BCUT2D eigenvalue weighted by Crippen LogP contribution is -2.15. The summed E-state index contributed by atoms with van der Waals surface area (Å²) in [5.41, 5.74) is 2.28. The van der Waals surface area contributed by atoms with Gasteiger partial charge in [0.25, 0.3) is 5.91 Å². The van der Waals surface area contributed by atoms with Crippen LogP contribution in [0.4, 0.5) is 5.88 Å². The minimum absolute atomic E-state index is 0.188. The van der Waals surface area contributed by atoms with Gasteiger partial charge in [-0.05, 0) is 17.5 Å². The van der Waals surface area contributed by atoms with Gasteiger partial charge < -0.3 is 4.42 Å². The van der Waals surface area contributed by atoms with Crippen molar-refractivity contribution >= 4 is 29.3 Å². The first-order valence-corrected chi connectivity index (χ1v) is 5.66. The highest BCUT2D eigenvalue weighted by Crippen LogP contribution is 2.13. The van der Waals surface area contributed by atoms with Crippen molar-refractivity contribution in [3.8, 4) is 0 Å². The van der Waals surface area contributed by atoms with Crippen LogP contribution in [0, 0.1) is 10.1 Å². The van der Waals surface area contributed by atoms with Crippen LogP contribution in [-0.2, 0) is 0 Å². The molecule has 0 bridgehead atoms. The van der Waals surface area contributed by atoms with Crippen LogP contribution in [0.5, 0.6) is 0 Å². The van der Waals surface area contributed by atoms with Gasteiger partial charge in [0.2, 0.25) is 0 Å². The molecule has 0 aliphatic heterocycles. The second kappa shape index (κ2) is 5.23. The molecular weight excluding hydrogens is 258 g/mol. The van der Waals surface area contributed by atoms with Gasteiger partial charge in [0.05, 0.1) is 17.2 Å². The maximum absolute atomic E-state index is 11.5. The van der Waals surface area contributed by atoms with E-state index in [0.717, 1.165) is 0 Å². The van der Waals surface area contributed by atoms with Gasteiger partial charge in [-0.3, -0.25) is 14.9 Å². The topological polar surface area (TPSA) is 97.7 Å². The third-order valence-corrected chi connectivity index (χ3v) is 2.76. The van der Waals surface area contributed by atoms with Crippen molar-refractivity contribution in [1.82, 2.24) is 5.43 Å². The van der Waals surface area contributed by atoms with E-state index in [4.69, 9.17) is 4.42 Å². The van der Waals surface area contributed by atoms with Crippen LogP contribution >= 0.6 is 11.3 Å². The highest BCUT2D eigenvalue weighted by Gasteiger charge is 2.10. The van der Waals surface area contributed by atoms with Gasteiger partial charge in [-0.15, -0.1) is 11.3 Å². The fourth-order valence-electron chi connectivity index (χ4n) is 1.13. The molecule has 18 heavy (non-hydrogen) atoms. The van der Waals surface area contributed by atoms with Crippen molar-refractivity contribution in [3.05, 3.63) is 50.4 Å². The minimum atomic E-state index is -0.651. The van der Waals surface area contributed by atoms with Gasteiger partial charge in [0.15, 0.2) is 5.76 Å². The zero-order valence-electron chi connectivity index (χ0n) is 8.90. The molecule has 1 N–H and O–H groups in total. The summed E-state index contributed by atoms with van der Waals surface area (Å²) >= 11 is 1.29. The summed E-state index contributed by atoms with van der Waals surface area (Å²) in [5.74, 6) is -0.531. The molecular formula is C10H7N3O4S.